The lowest BCUT2D eigenvalue weighted by Crippen LogP contribution is -2.46. The molecule has 1 heterocycles. The first kappa shape index (κ1) is 10.9. The number of hydrogen-bond donors (Lipinski definition) is 0. The fourth-order valence-corrected chi connectivity index (χ4v) is 1.82. The van der Waals surface area contributed by atoms with Crippen molar-refractivity contribution in [3.05, 3.63) is 0 Å². The Morgan fingerprint density at radius 3 is 2.18 bits per heavy atom. The van der Waals surface area contributed by atoms with Gasteiger partial charge in [-0.2, -0.15) is 0 Å². The molecule has 0 aromatic rings. The lowest BCUT2D eigenvalue weighted by molar-refractivity contribution is -0.932. The SMILES string of the molecule is CC[N+]1(COC)CCCC1.[OH-]. The Balaban J connectivity index is 0.000001000. The molecule has 0 amide bonds. The lowest BCUT2D eigenvalue weighted by atomic mass is 10.4. The highest BCUT2D eigenvalue weighted by Crippen LogP contribution is 2.18. The molecule has 1 rings (SSSR count). The molecule has 0 atom stereocenters. The topological polar surface area (TPSA) is 39.2 Å². The summed E-state index contributed by atoms with van der Waals surface area (Å²) in [5.74, 6) is 0. The van der Waals surface area contributed by atoms with E-state index >= 15 is 0 Å². The number of ether oxygens (including phenoxy) is 1. The molecule has 68 valence electrons. The van der Waals surface area contributed by atoms with E-state index in [2.05, 4.69) is 6.92 Å². The molecule has 11 heavy (non-hydrogen) atoms. The molecule has 0 aromatic heterocycles. The molecular weight excluding hydrogens is 142 g/mol. The van der Waals surface area contributed by atoms with Crippen molar-refractivity contribution in [1.82, 2.24) is 0 Å². The Morgan fingerprint density at radius 2 is 1.82 bits per heavy atom. The summed E-state index contributed by atoms with van der Waals surface area (Å²) < 4.78 is 6.38. The summed E-state index contributed by atoms with van der Waals surface area (Å²) in [6.07, 6.45) is 2.77. The molecule has 1 aliphatic heterocycles. The van der Waals surface area contributed by atoms with Gasteiger partial charge in [-0.25, -0.2) is 0 Å². The van der Waals surface area contributed by atoms with Gasteiger partial charge in [0.25, 0.3) is 0 Å². The minimum absolute atomic E-state index is 0. The highest BCUT2D eigenvalue weighted by atomic mass is 16.5. The zero-order valence-corrected chi connectivity index (χ0v) is 7.55. The molecule has 0 unspecified atom stereocenters. The normalized spacial score (nSPS) is 21.3. The van der Waals surface area contributed by atoms with Crippen molar-refractivity contribution in [3.63, 3.8) is 0 Å². The second-order valence-corrected chi connectivity index (χ2v) is 3.23. The van der Waals surface area contributed by atoms with Crippen LogP contribution in [0.5, 0.6) is 0 Å². The number of likely N-dealkylation sites (tertiary alicyclic amines) is 1. The first-order valence-corrected chi connectivity index (χ1v) is 4.17. The van der Waals surface area contributed by atoms with E-state index < -0.39 is 0 Å². The van der Waals surface area contributed by atoms with Crippen LogP contribution in [0.25, 0.3) is 0 Å². The van der Waals surface area contributed by atoms with Gasteiger partial charge in [-0.15, -0.1) is 0 Å². The van der Waals surface area contributed by atoms with Crippen molar-refractivity contribution in [2.45, 2.75) is 19.8 Å². The zero-order chi connectivity index (χ0) is 7.45. The first-order valence-electron chi connectivity index (χ1n) is 4.17. The van der Waals surface area contributed by atoms with Gasteiger partial charge in [0.2, 0.25) is 0 Å². The standard InChI is InChI=1S/C8H18NO.H2O/c1-3-9(8-10-2)6-4-5-7-9;/h3-8H2,1-2H3;1H2/q+1;/p-1. The maximum atomic E-state index is 5.19. The fraction of sp³-hybridized carbons (Fsp3) is 1.00. The Morgan fingerprint density at radius 1 is 1.27 bits per heavy atom. The minimum atomic E-state index is 0. The molecule has 1 N–H and O–H groups in total. The minimum Gasteiger partial charge on any atom is -0.870 e. The molecule has 1 aliphatic rings. The van der Waals surface area contributed by atoms with Crippen molar-refractivity contribution in [2.24, 2.45) is 0 Å². The van der Waals surface area contributed by atoms with E-state index in [1.165, 1.54) is 37.0 Å². The highest BCUT2D eigenvalue weighted by Gasteiger charge is 2.29. The predicted octanol–water partition coefficient (Wildman–Crippen LogP) is 1.04. The fourth-order valence-electron chi connectivity index (χ4n) is 1.82. The van der Waals surface area contributed by atoms with Crippen LogP contribution in [0.15, 0.2) is 0 Å². The Bertz CT molecular complexity index is 100. The summed E-state index contributed by atoms with van der Waals surface area (Å²) in [5, 5.41) is 0. The third-order valence-electron chi connectivity index (χ3n) is 2.59. The average Bonchev–Trinajstić information content (AvgIpc) is 2.39. The maximum absolute atomic E-state index is 5.19. The van der Waals surface area contributed by atoms with Gasteiger partial charge >= 0.3 is 0 Å². The molecule has 0 spiro atoms. The van der Waals surface area contributed by atoms with Crippen LogP contribution in [-0.4, -0.2) is 43.4 Å². The predicted molar refractivity (Wildman–Crippen MR) is 43.6 cm³/mol. The Kier molecular flexibility index (Phi) is 4.65. The highest BCUT2D eigenvalue weighted by molar-refractivity contribution is 4.50. The van der Waals surface area contributed by atoms with Crippen LogP contribution in [-0.2, 0) is 4.74 Å². The summed E-state index contributed by atoms with van der Waals surface area (Å²) >= 11 is 0. The van der Waals surface area contributed by atoms with E-state index in [4.69, 9.17) is 4.74 Å². The van der Waals surface area contributed by atoms with Crippen LogP contribution in [0.3, 0.4) is 0 Å². The molecular formula is C8H19NO2. The summed E-state index contributed by atoms with van der Waals surface area (Å²) in [7, 11) is 1.80. The monoisotopic (exact) mass is 161 g/mol. The molecule has 3 nitrogen and oxygen atoms in total. The third-order valence-corrected chi connectivity index (χ3v) is 2.59. The van der Waals surface area contributed by atoms with Gasteiger partial charge in [0.1, 0.15) is 0 Å². The summed E-state index contributed by atoms with van der Waals surface area (Å²) in [5.41, 5.74) is 0. The van der Waals surface area contributed by atoms with Crippen LogP contribution < -0.4 is 0 Å². The van der Waals surface area contributed by atoms with E-state index in [1.807, 2.05) is 0 Å². The number of quaternary nitrogens is 1. The summed E-state index contributed by atoms with van der Waals surface area (Å²) in [6.45, 7) is 7.04. The molecule has 0 aromatic carbocycles. The molecule has 0 radical (unpaired) electrons. The van der Waals surface area contributed by atoms with E-state index in [1.54, 1.807) is 7.11 Å². The first-order chi connectivity index (χ1) is 4.83. The Hall–Kier alpha value is -0.120. The van der Waals surface area contributed by atoms with E-state index in [9.17, 15) is 0 Å². The number of methoxy groups -OCH3 is 1. The van der Waals surface area contributed by atoms with Crippen LogP contribution in [0.2, 0.25) is 0 Å². The van der Waals surface area contributed by atoms with Gasteiger partial charge < -0.3 is 14.7 Å². The quantitative estimate of drug-likeness (QED) is 0.580. The molecule has 0 aliphatic carbocycles. The second-order valence-electron chi connectivity index (χ2n) is 3.23. The van der Waals surface area contributed by atoms with Crippen LogP contribution >= 0.6 is 0 Å². The van der Waals surface area contributed by atoms with Gasteiger partial charge in [0, 0.05) is 20.0 Å². The molecule has 3 heteroatoms. The maximum Gasteiger partial charge on any atom is 0.182 e. The van der Waals surface area contributed by atoms with Crippen LogP contribution in [0, 0.1) is 0 Å². The van der Waals surface area contributed by atoms with Gasteiger partial charge in [-0.1, -0.05) is 0 Å². The summed E-state index contributed by atoms with van der Waals surface area (Å²) in [6, 6.07) is 0. The van der Waals surface area contributed by atoms with Gasteiger partial charge in [-0.05, 0) is 6.92 Å². The molecule has 0 saturated carbocycles. The largest absolute Gasteiger partial charge is 0.870 e. The molecule has 1 fully saturated rings. The Labute approximate surface area is 68.9 Å². The van der Waals surface area contributed by atoms with E-state index in [0.29, 0.717) is 0 Å². The number of hydrogen-bond acceptors (Lipinski definition) is 2. The second kappa shape index (κ2) is 4.70. The molecule has 0 bridgehead atoms. The van der Waals surface area contributed by atoms with Crippen molar-refractivity contribution in [3.8, 4) is 0 Å². The average molecular weight is 161 g/mol. The van der Waals surface area contributed by atoms with Crippen LogP contribution in [0.1, 0.15) is 19.8 Å². The van der Waals surface area contributed by atoms with Gasteiger partial charge in [0.15, 0.2) is 6.73 Å². The van der Waals surface area contributed by atoms with Crippen LogP contribution in [0.4, 0.5) is 0 Å². The number of nitrogens with zero attached hydrogens (tertiary/aromatic N) is 1. The van der Waals surface area contributed by atoms with Gasteiger partial charge in [-0.3, -0.25) is 0 Å². The third kappa shape index (κ3) is 2.43. The lowest BCUT2D eigenvalue weighted by Gasteiger charge is -2.31. The smallest absolute Gasteiger partial charge is 0.182 e. The molecule has 1 saturated heterocycles. The van der Waals surface area contributed by atoms with E-state index in [-0.39, 0.29) is 5.48 Å². The zero-order valence-electron chi connectivity index (χ0n) is 7.55. The van der Waals surface area contributed by atoms with Crippen molar-refractivity contribution in [1.29, 1.82) is 0 Å². The van der Waals surface area contributed by atoms with Gasteiger partial charge in [0.05, 0.1) is 19.6 Å². The van der Waals surface area contributed by atoms with E-state index in [0.717, 1.165) is 6.73 Å². The van der Waals surface area contributed by atoms with Crippen molar-refractivity contribution in [2.75, 3.05) is 33.5 Å². The summed E-state index contributed by atoms with van der Waals surface area (Å²) in [4.78, 5) is 0. The van der Waals surface area contributed by atoms with Crippen molar-refractivity contribution < 1.29 is 14.7 Å². The van der Waals surface area contributed by atoms with Crippen molar-refractivity contribution >= 4 is 0 Å². The number of rotatable bonds is 3.